The van der Waals surface area contributed by atoms with Crippen LogP contribution < -0.4 is 14.8 Å². The van der Waals surface area contributed by atoms with E-state index in [2.05, 4.69) is 43.4 Å². The summed E-state index contributed by atoms with van der Waals surface area (Å²) in [6.07, 6.45) is 1.63. The van der Waals surface area contributed by atoms with Crippen molar-refractivity contribution in [3.63, 3.8) is 0 Å². The molecule has 31 heavy (non-hydrogen) atoms. The largest absolute Gasteiger partial charge is 0.503 e. The second-order valence-corrected chi connectivity index (χ2v) is 8.84. The van der Waals surface area contributed by atoms with Gasteiger partial charge in [0, 0.05) is 22.6 Å². The molecule has 1 aliphatic rings. The summed E-state index contributed by atoms with van der Waals surface area (Å²) in [6.45, 7) is 4.45. The summed E-state index contributed by atoms with van der Waals surface area (Å²) >= 11 is 4.98. The molecule has 0 radical (unpaired) electrons. The first-order chi connectivity index (χ1) is 15.1. The number of anilines is 1. The number of hydrogen-bond donors (Lipinski definition) is 2. The van der Waals surface area contributed by atoms with Gasteiger partial charge in [0.05, 0.1) is 11.1 Å². The molecule has 2 N–H and O–H groups in total. The fourth-order valence-electron chi connectivity index (χ4n) is 3.18. The molecule has 2 aromatic carbocycles. The van der Waals surface area contributed by atoms with Gasteiger partial charge in [-0.15, -0.1) is 10.2 Å². The van der Waals surface area contributed by atoms with Crippen molar-refractivity contribution in [2.24, 2.45) is 0 Å². The highest BCUT2D eigenvalue weighted by Crippen LogP contribution is 2.42. The van der Waals surface area contributed by atoms with E-state index < -0.39 is 6.23 Å². The quantitative estimate of drug-likeness (QED) is 0.309. The van der Waals surface area contributed by atoms with Gasteiger partial charge in [-0.2, -0.15) is 4.98 Å². The number of aromatic nitrogens is 3. The van der Waals surface area contributed by atoms with Crippen molar-refractivity contribution in [1.29, 1.82) is 0 Å². The Labute approximate surface area is 193 Å². The monoisotopic (exact) mass is 502 g/mol. The topological polar surface area (TPSA) is 89.4 Å². The minimum Gasteiger partial charge on any atom is -0.503 e. The third-order valence-electron chi connectivity index (χ3n) is 4.72. The molecule has 0 fully saturated rings. The van der Waals surface area contributed by atoms with Gasteiger partial charge in [0.15, 0.2) is 23.4 Å². The molecule has 1 aliphatic heterocycles. The smallest absolute Gasteiger partial charge is 0.247 e. The Morgan fingerprint density at radius 3 is 2.87 bits per heavy atom. The van der Waals surface area contributed by atoms with Gasteiger partial charge in [-0.25, -0.2) is 0 Å². The van der Waals surface area contributed by atoms with Gasteiger partial charge >= 0.3 is 0 Å². The number of ether oxygens (including phenoxy) is 2. The average molecular weight is 503 g/mol. The summed E-state index contributed by atoms with van der Waals surface area (Å²) in [6, 6.07) is 11.4. The highest BCUT2D eigenvalue weighted by atomic mass is 79.9. The highest BCUT2D eigenvalue weighted by Gasteiger charge is 2.27. The maximum Gasteiger partial charge on any atom is 0.247 e. The summed E-state index contributed by atoms with van der Waals surface area (Å²) in [5.74, 6) is 1.78. The Morgan fingerprint density at radius 2 is 2.06 bits per heavy atom. The molecule has 7 nitrogen and oxygen atoms in total. The number of halogens is 1. The third-order valence-corrected chi connectivity index (χ3v) is 6.24. The van der Waals surface area contributed by atoms with Crippen LogP contribution in [0.1, 0.15) is 38.5 Å². The molecule has 0 aliphatic carbocycles. The highest BCUT2D eigenvalue weighted by molar-refractivity contribution is 9.10. The van der Waals surface area contributed by atoms with Crippen molar-refractivity contribution in [2.75, 3.05) is 17.7 Å². The number of nitrogens with one attached hydrogen (secondary N) is 1. The van der Waals surface area contributed by atoms with E-state index in [1.54, 1.807) is 23.9 Å². The molecule has 162 valence electrons. The number of unbranched alkanes of at least 4 members (excludes halogenated alkanes) is 1. The normalized spacial score (nSPS) is 14.6. The molecule has 3 aromatic rings. The molecule has 0 unspecified atom stereocenters. The summed E-state index contributed by atoms with van der Waals surface area (Å²) in [5.41, 5.74) is 3.09. The van der Waals surface area contributed by atoms with Gasteiger partial charge in [0.2, 0.25) is 11.0 Å². The van der Waals surface area contributed by atoms with Gasteiger partial charge in [-0.1, -0.05) is 43.3 Å². The molecule has 0 bridgehead atoms. The van der Waals surface area contributed by atoms with Crippen LogP contribution in [0.5, 0.6) is 17.4 Å². The zero-order valence-electron chi connectivity index (χ0n) is 17.3. The van der Waals surface area contributed by atoms with Gasteiger partial charge < -0.3 is 19.9 Å². The van der Waals surface area contributed by atoms with Crippen molar-refractivity contribution < 1.29 is 14.6 Å². The first kappa shape index (κ1) is 21.7. The summed E-state index contributed by atoms with van der Waals surface area (Å²) in [7, 11) is 0. The lowest BCUT2D eigenvalue weighted by Crippen LogP contribution is -2.17. The number of aromatic hydroxyl groups is 1. The number of phenolic OH excluding ortho intramolecular Hbond substituents is 1. The maximum absolute atomic E-state index is 10.3. The molecule has 0 saturated heterocycles. The van der Waals surface area contributed by atoms with E-state index >= 15 is 0 Å². The first-order valence-corrected chi connectivity index (χ1v) is 11.9. The predicted octanol–water partition coefficient (Wildman–Crippen LogP) is 5.80. The fourth-order valence-corrected chi connectivity index (χ4v) is 4.50. The summed E-state index contributed by atoms with van der Waals surface area (Å²) in [5, 5.41) is 23.0. The number of phenols is 1. The van der Waals surface area contributed by atoms with Crippen LogP contribution in [0.3, 0.4) is 0 Å². The standard InChI is InChI=1S/C22H23BrN4O3S/c1-3-5-10-31-22-25-21-18(26-27-22)14-8-6-7-9-16(14)24-20(30-21)13-11-15(23)19(28)17(12-13)29-4-2/h6-9,11-12,20,24,28H,3-5,10H2,1-2H3/t20-/m1/s1. The van der Waals surface area contributed by atoms with Crippen LogP contribution in [0.4, 0.5) is 5.69 Å². The van der Waals surface area contributed by atoms with Crippen molar-refractivity contribution in [3.05, 3.63) is 46.4 Å². The minimum absolute atomic E-state index is 0.0543. The van der Waals surface area contributed by atoms with Gasteiger partial charge in [0.25, 0.3) is 0 Å². The molecular formula is C22H23BrN4O3S. The molecule has 0 amide bonds. The third kappa shape index (κ3) is 4.72. The van der Waals surface area contributed by atoms with Gasteiger partial charge in [-0.05, 0) is 47.5 Å². The minimum atomic E-state index is -0.566. The Bertz CT molecular complexity index is 1080. The Morgan fingerprint density at radius 1 is 1.23 bits per heavy atom. The molecule has 0 spiro atoms. The summed E-state index contributed by atoms with van der Waals surface area (Å²) < 4.78 is 12.4. The number of hydrogen-bond acceptors (Lipinski definition) is 8. The van der Waals surface area contributed by atoms with E-state index in [0.717, 1.165) is 35.4 Å². The number of fused-ring (bicyclic) bond motifs is 3. The van der Waals surface area contributed by atoms with Crippen LogP contribution >= 0.6 is 27.7 Å². The van der Waals surface area contributed by atoms with E-state index in [0.29, 0.717) is 33.6 Å². The van der Waals surface area contributed by atoms with Crippen molar-refractivity contribution in [2.45, 2.75) is 38.1 Å². The molecular weight excluding hydrogens is 480 g/mol. The second-order valence-electron chi connectivity index (χ2n) is 6.92. The molecule has 9 heteroatoms. The Kier molecular flexibility index (Phi) is 6.82. The first-order valence-electron chi connectivity index (χ1n) is 10.2. The maximum atomic E-state index is 10.3. The fraction of sp³-hybridized carbons (Fsp3) is 0.318. The van der Waals surface area contributed by atoms with Crippen molar-refractivity contribution >= 4 is 33.4 Å². The van der Waals surface area contributed by atoms with Crippen molar-refractivity contribution in [3.8, 4) is 28.6 Å². The number of rotatable bonds is 7. The van der Waals surface area contributed by atoms with Crippen molar-refractivity contribution in [1.82, 2.24) is 15.2 Å². The lowest BCUT2D eigenvalue weighted by atomic mass is 10.1. The molecule has 1 atom stereocenters. The van der Waals surface area contributed by atoms with E-state index in [9.17, 15) is 5.11 Å². The van der Waals surface area contributed by atoms with Crippen LogP contribution in [-0.2, 0) is 0 Å². The molecule has 4 rings (SSSR count). The van der Waals surface area contributed by atoms with Crippen LogP contribution in [0.25, 0.3) is 11.3 Å². The van der Waals surface area contributed by atoms with Crippen LogP contribution in [0, 0.1) is 0 Å². The lowest BCUT2D eigenvalue weighted by molar-refractivity contribution is 0.224. The molecule has 0 saturated carbocycles. The van der Waals surface area contributed by atoms with Crippen LogP contribution in [0.15, 0.2) is 46.0 Å². The van der Waals surface area contributed by atoms with Gasteiger partial charge in [-0.3, -0.25) is 0 Å². The SMILES string of the molecule is CCCCSc1nnc2c(n1)O[C@H](c1cc(Br)c(O)c(OCC)c1)Nc1ccccc1-2. The number of para-hydroxylation sites is 1. The Balaban J connectivity index is 1.76. The second kappa shape index (κ2) is 9.74. The van der Waals surface area contributed by atoms with E-state index in [-0.39, 0.29) is 5.75 Å². The van der Waals surface area contributed by atoms with Crippen LogP contribution in [-0.4, -0.2) is 32.6 Å². The summed E-state index contributed by atoms with van der Waals surface area (Å²) in [4.78, 5) is 4.65. The lowest BCUT2D eigenvalue weighted by Gasteiger charge is -2.21. The number of benzene rings is 2. The average Bonchev–Trinajstić information content (AvgIpc) is 2.93. The van der Waals surface area contributed by atoms with E-state index in [1.807, 2.05) is 31.2 Å². The van der Waals surface area contributed by atoms with E-state index in [1.165, 1.54) is 0 Å². The molecule has 1 aromatic heterocycles. The predicted molar refractivity (Wildman–Crippen MR) is 125 cm³/mol. The number of thioether (sulfide) groups is 1. The Hall–Kier alpha value is -2.52. The van der Waals surface area contributed by atoms with E-state index in [4.69, 9.17) is 9.47 Å². The number of nitrogens with zero attached hydrogens (tertiary/aromatic N) is 3. The molecule has 2 heterocycles. The van der Waals surface area contributed by atoms with Gasteiger partial charge in [0.1, 0.15) is 0 Å². The zero-order valence-corrected chi connectivity index (χ0v) is 19.7. The van der Waals surface area contributed by atoms with Crippen LogP contribution in [0.2, 0.25) is 0 Å². The zero-order chi connectivity index (χ0) is 21.8.